The van der Waals surface area contributed by atoms with E-state index in [1.54, 1.807) is 0 Å². The van der Waals surface area contributed by atoms with Gasteiger partial charge in [-0.2, -0.15) is 0 Å². The molecule has 0 bridgehead atoms. The van der Waals surface area contributed by atoms with Crippen molar-refractivity contribution in [1.82, 2.24) is 5.32 Å². The predicted molar refractivity (Wildman–Crippen MR) is 53.2 cm³/mol. The van der Waals surface area contributed by atoms with Crippen molar-refractivity contribution in [3.8, 4) is 0 Å². The van der Waals surface area contributed by atoms with Gasteiger partial charge in [0.15, 0.2) is 0 Å². The Morgan fingerprint density at radius 3 is 2.67 bits per heavy atom. The molecular formula is C10H21NO. The van der Waals surface area contributed by atoms with Crippen LogP contribution in [0.25, 0.3) is 0 Å². The Morgan fingerprint density at radius 2 is 2.17 bits per heavy atom. The smallest absolute Gasteiger partial charge is 0.0743 e. The SMILES string of the molecule is C/C=C/CNCC(C)(O)CCC. The van der Waals surface area contributed by atoms with Crippen molar-refractivity contribution in [2.24, 2.45) is 0 Å². The molecule has 0 fully saturated rings. The van der Waals surface area contributed by atoms with Gasteiger partial charge in [0.05, 0.1) is 5.60 Å². The number of allylic oxidation sites excluding steroid dienone is 1. The van der Waals surface area contributed by atoms with Gasteiger partial charge in [0.1, 0.15) is 0 Å². The second-order valence-electron chi connectivity index (χ2n) is 3.45. The summed E-state index contributed by atoms with van der Waals surface area (Å²) in [6, 6.07) is 0. The lowest BCUT2D eigenvalue weighted by Gasteiger charge is -2.22. The van der Waals surface area contributed by atoms with Gasteiger partial charge in [0, 0.05) is 13.1 Å². The van der Waals surface area contributed by atoms with Crippen LogP contribution in [0.4, 0.5) is 0 Å². The van der Waals surface area contributed by atoms with E-state index in [1.165, 1.54) is 0 Å². The monoisotopic (exact) mass is 171 g/mol. The molecule has 0 aromatic rings. The third-order valence-corrected chi connectivity index (χ3v) is 1.79. The van der Waals surface area contributed by atoms with E-state index in [2.05, 4.69) is 12.2 Å². The molecule has 0 saturated carbocycles. The van der Waals surface area contributed by atoms with Crippen LogP contribution in [0.3, 0.4) is 0 Å². The van der Waals surface area contributed by atoms with E-state index in [-0.39, 0.29) is 0 Å². The average Bonchev–Trinajstić information content (AvgIpc) is 1.98. The zero-order chi connectivity index (χ0) is 9.45. The van der Waals surface area contributed by atoms with Crippen molar-refractivity contribution in [3.05, 3.63) is 12.2 Å². The molecule has 2 N–H and O–H groups in total. The Balaban J connectivity index is 3.46. The lowest BCUT2D eigenvalue weighted by molar-refractivity contribution is 0.0511. The molecule has 0 saturated heterocycles. The Hall–Kier alpha value is -0.340. The van der Waals surface area contributed by atoms with Gasteiger partial charge in [0.2, 0.25) is 0 Å². The zero-order valence-electron chi connectivity index (χ0n) is 8.43. The van der Waals surface area contributed by atoms with Gasteiger partial charge in [-0.15, -0.1) is 0 Å². The first kappa shape index (κ1) is 11.7. The van der Waals surface area contributed by atoms with Crippen LogP contribution in [-0.2, 0) is 0 Å². The van der Waals surface area contributed by atoms with Crippen LogP contribution >= 0.6 is 0 Å². The number of nitrogens with one attached hydrogen (secondary N) is 1. The summed E-state index contributed by atoms with van der Waals surface area (Å²) in [5.74, 6) is 0. The molecular weight excluding hydrogens is 150 g/mol. The molecule has 1 unspecified atom stereocenters. The van der Waals surface area contributed by atoms with E-state index in [1.807, 2.05) is 26.0 Å². The average molecular weight is 171 g/mol. The first-order valence-corrected chi connectivity index (χ1v) is 4.66. The minimum absolute atomic E-state index is 0.545. The highest BCUT2D eigenvalue weighted by Gasteiger charge is 2.17. The molecule has 1 atom stereocenters. The lowest BCUT2D eigenvalue weighted by atomic mass is 10.0. The third-order valence-electron chi connectivity index (χ3n) is 1.79. The molecule has 0 spiro atoms. The van der Waals surface area contributed by atoms with Gasteiger partial charge in [-0.1, -0.05) is 25.5 Å². The largest absolute Gasteiger partial charge is 0.389 e. The molecule has 0 aliphatic rings. The Kier molecular flexibility index (Phi) is 6.03. The van der Waals surface area contributed by atoms with E-state index in [0.29, 0.717) is 6.54 Å². The van der Waals surface area contributed by atoms with Crippen molar-refractivity contribution in [1.29, 1.82) is 0 Å². The maximum absolute atomic E-state index is 9.73. The fourth-order valence-corrected chi connectivity index (χ4v) is 1.17. The summed E-state index contributed by atoms with van der Waals surface area (Å²) in [5.41, 5.74) is -0.545. The van der Waals surface area contributed by atoms with E-state index >= 15 is 0 Å². The summed E-state index contributed by atoms with van der Waals surface area (Å²) in [7, 11) is 0. The fraction of sp³-hybridized carbons (Fsp3) is 0.800. The van der Waals surface area contributed by atoms with Crippen molar-refractivity contribution < 1.29 is 5.11 Å². The fourth-order valence-electron chi connectivity index (χ4n) is 1.17. The van der Waals surface area contributed by atoms with Crippen molar-refractivity contribution in [2.75, 3.05) is 13.1 Å². The van der Waals surface area contributed by atoms with Crippen LogP contribution in [0, 0.1) is 0 Å². The first-order valence-electron chi connectivity index (χ1n) is 4.66. The predicted octanol–water partition coefficient (Wildman–Crippen LogP) is 1.70. The molecule has 0 radical (unpaired) electrons. The van der Waals surface area contributed by atoms with Crippen LogP contribution < -0.4 is 5.32 Å². The van der Waals surface area contributed by atoms with Gasteiger partial charge in [-0.3, -0.25) is 0 Å². The molecule has 0 amide bonds. The van der Waals surface area contributed by atoms with Crippen LogP contribution in [-0.4, -0.2) is 23.8 Å². The topological polar surface area (TPSA) is 32.3 Å². The zero-order valence-corrected chi connectivity index (χ0v) is 8.43. The van der Waals surface area contributed by atoms with Crippen molar-refractivity contribution in [3.63, 3.8) is 0 Å². The van der Waals surface area contributed by atoms with Crippen LogP contribution in [0.1, 0.15) is 33.6 Å². The number of hydrogen-bond acceptors (Lipinski definition) is 2. The van der Waals surface area contributed by atoms with Crippen molar-refractivity contribution >= 4 is 0 Å². The molecule has 0 aliphatic carbocycles. The van der Waals surface area contributed by atoms with E-state index in [4.69, 9.17) is 0 Å². The molecule has 0 aromatic carbocycles. The standard InChI is InChI=1S/C10H21NO/c1-4-6-8-11-9-10(3,12)7-5-2/h4,6,11-12H,5,7-9H2,1-3H3/b6-4+. The Morgan fingerprint density at radius 1 is 1.50 bits per heavy atom. The molecule has 2 nitrogen and oxygen atoms in total. The highest BCUT2D eigenvalue weighted by Crippen LogP contribution is 2.09. The molecule has 0 rings (SSSR count). The Labute approximate surface area is 75.7 Å². The summed E-state index contributed by atoms with van der Waals surface area (Å²) in [6.45, 7) is 7.47. The number of hydrogen-bond donors (Lipinski definition) is 2. The van der Waals surface area contributed by atoms with Crippen LogP contribution in [0.5, 0.6) is 0 Å². The Bertz CT molecular complexity index is 130. The van der Waals surface area contributed by atoms with Gasteiger partial charge in [0.25, 0.3) is 0 Å². The maximum atomic E-state index is 9.73. The summed E-state index contributed by atoms with van der Waals surface area (Å²) in [5, 5.41) is 12.9. The van der Waals surface area contributed by atoms with Crippen molar-refractivity contribution in [2.45, 2.75) is 39.2 Å². The molecule has 0 aromatic heterocycles. The van der Waals surface area contributed by atoms with Gasteiger partial charge >= 0.3 is 0 Å². The second-order valence-corrected chi connectivity index (χ2v) is 3.45. The normalized spacial score (nSPS) is 16.7. The first-order chi connectivity index (χ1) is 5.62. The van der Waals surface area contributed by atoms with E-state index < -0.39 is 5.60 Å². The molecule has 0 heterocycles. The summed E-state index contributed by atoms with van der Waals surface area (Å²) in [4.78, 5) is 0. The minimum atomic E-state index is -0.545. The maximum Gasteiger partial charge on any atom is 0.0743 e. The van der Waals surface area contributed by atoms with Gasteiger partial charge < -0.3 is 10.4 Å². The van der Waals surface area contributed by atoms with Gasteiger partial charge in [-0.05, 0) is 20.3 Å². The highest BCUT2D eigenvalue weighted by atomic mass is 16.3. The van der Waals surface area contributed by atoms with E-state index in [0.717, 1.165) is 19.4 Å². The quantitative estimate of drug-likeness (QED) is 0.471. The molecule has 2 heteroatoms. The second kappa shape index (κ2) is 6.21. The molecule has 0 aliphatic heterocycles. The summed E-state index contributed by atoms with van der Waals surface area (Å²) in [6.07, 6.45) is 5.93. The summed E-state index contributed by atoms with van der Waals surface area (Å²) >= 11 is 0. The van der Waals surface area contributed by atoms with Crippen LogP contribution in [0.15, 0.2) is 12.2 Å². The third kappa shape index (κ3) is 6.38. The summed E-state index contributed by atoms with van der Waals surface area (Å²) < 4.78 is 0. The molecule has 72 valence electrons. The highest BCUT2D eigenvalue weighted by molar-refractivity contribution is 4.82. The van der Waals surface area contributed by atoms with E-state index in [9.17, 15) is 5.11 Å². The van der Waals surface area contributed by atoms with Crippen LogP contribution in [0.2, 0.25) is 0 Å². The van der Waals surface area contributed by atoms with Gasteiger partial charge in [-0.25, -0.2) is 0 Å². The number of rotatable bonds is 6. The minimum Gasteiger partial charge on any atom is -0.389 e. The number of aliphatic hydroxyl groups is 1. The molecule has 12 heavy (non-hydrogen) atoms. The lowest BCUT2D eigenvalue weighted by Crippen LogP contribution is -2.37.